The van der Waals surface area contributed by atoms with Crippen LogP contribution in [0.1, 0.15) is 44.1 Å². The summed E-state index contributed by atoms with van der Waals surface area (Å²) < 4.78 is 5.87. The van der Waals surface area contributed by atoms with Gasteiger partial charge in [-0.05, 0) is 32.0 Å². The van der Waals surface area contributed by atoms with Gasteiger partial charge >= 0.3 is 0 Å². The van der Waals surface area contributed by atoms with Crippen molar-refractivity contribution in [3.05, 3.63) is 53.9 Å². The van der Waals surface area contributed by atoms with Crippen LogP contribution >= 0.6 is 11.8 Å². The molecular formula is C22H28N4OS. The zero-order valence-electron chi connectivity index (χ0n) is 17.0. The molecule has 0 radical (unpaired) electrons. The van der Waals surface area contributed by atoms with Crippen molar-refractivity contribution in [1.82, 2.24) is 9.88 Å². The average molecular weight is 397 g/mol. The molecule has 0 unspecified atom stereocenters. The molecule has 0 amide bonds. The molecule has 1 aromatic carbocycles. The van der Waals surface area contributed by atoms with E-state index in [0.717, 1.165) is 36.2 Å². The van der Waals surface area contributed by atoms with Crippen LogP contribution in [-0.2, 0) is 0 Å². The predicted molar refractivity (Wildman–Crippen MR) is 117 cm³/mol. The van der Waals surface area contributed by atoms with E-state index < -0.39 is 0 Å². The summed E-state index contributed by atoms with van der Waals surface area (Å²) in [6, 6.07) is 12.8. The predicted octanol–water partition coefficient (Wildman–Crippen LogP) is 4.53. The Balaban J connectivity index is 1.77. The Labute approximate surface area is 171 Å². The van der Waals surface area contributed by atoms with Gasteiger partial charge in [0.1, 0.15) is 11.8 Å². The number of aromatic nitrogens is 1. The van der Waals surface area contributed by atoms with E-state index in [1.54, 1.807) is 7.11 Å². The van der Waals surface area contributed by atoms with Crippen LogP contribution in [0.4, 0.5) is 5.69 Å². The summed E-state index contributed by atoms with van der Waals surface area (Å²) >= 11 is 1.86. The van der Waals surface area contributed by atoms with Gasteiger partial charge in [-0.3, -0.25) is 9.98 Å². The largest absolute Gasteiger partial charge is 0.496 e. The fourth-order valence-electron chi connectivity index (χ4n) is 4.18. The number of ether oxygens (including phenoxy) is 1. The molecule has 1 fully saturated rings. The molecule has 0 N–H and O–H groups in total. The number of amidine groups is 1. The first-order valence-electron chi connectivity index (χ1n) is 10.0. The normalized spacial score (nSPS) is 23.5. The van der Waals surface area contributed by atoms with Crippen LogP contribution in [-0.4, -0.2) is 47.0 Å². The number of benzene rings is 1. The van der Waals surface area contributed by atoms with Crippen molar-refractivity contribution in [3.8, 4) is 5.75 Å². The minimum atomic E-state index is -0.00981. The van der Waals surface area contributed by atoms with Gasteiger partial charge in [-0.15, -0.1) is 0 Å². The first-order chi connectivity index (χ1) is 13.7. The van der Waals surface area contributed by atoms with Gasteiger partial charge in [-0.2, -0.15) is 0 Å². The number of hydrogen-bond acceptors (Lipinski definition) is 6. The van der Waals surface area contributed by atoms with Crippen LogP contribution in [0, 0.1) is 0 Å². The summed E-state index contributed by atoms with van der Waals surface area (Å²) in [7, 11) is 1.76. The van der Waals surface area contributed by atoms with Gasteiger partial charge in [-0.25, -0.2) is 0 Å². The molecule has 4 rings (SSSR count). The minimum Gasteiger partial charge on any atom is -0.496 e. The molecule has 3 atom stereocenters. The van der Waals surface area contributed by atoms with Gasteiger partial charge in [0.2, 0.25) is 0 Å². The standard InChI is InChI=1S/C22H28N4OS/c1-5-25(6-2)16-10-11-17(19(13-16)27-4)21-20(18-9-7-8-12-23-18)24-22-26(21)14-15(3)28-22/h7-13,15,20-21H,5-6,14H2,1-4H3/t15-,20-,21+/m0/s1. The third kappa shape index (κ3) is 3.34. The van der Waals surface area contributed by atoms with Crippen LogP contribution in [0.15, 0.2) is 47.6 Å². The maximum absolute atomic E-state index is 5.87. The fourth-order valence-corrected chi connectivity index (χ4v) is 5.28. The number of thioether (sulfide) groups is 1. The zero-order chi connectivity index (χ0) is 19.7. The van der Waals surface area contributed by atoms with Gasteiger partial charge in [0, 0.05) is 48.4 Å². The number of anilines is 1. The number of pyridine rings is 1. The van der Waals surface area contributed by atoms with Gasteiger partial charge in [0.05, 0.1) is 18.8 Å². The van der Waals surface area contributed by atoms with Gasteiger partial charge < -0.3 is 14.5 Å². The van der Waals surface area contributed by atoms with Crippen LogP contribution in [0.2, 0.25) is 0 Å². The molecule has 0 spiro atoms. The third-order valence-corrected chi connectivity index (χ3v) is 6.65. The third-order valence-electron chi connectivity index (χ3n) is 5.55. The second-order valence-corrected chi connectivity index (χ2v) is 8.64. The molecule has 5 nitrogen and oxygen atoms in total. The van der Waals surface area contributed by atoms with E-state index in [-0.39, 0.29) is 12.1 Å². The van der Waals surface area contributed by atoms with Crippen molar-refractivity contribution in [1.29, 1.82) is 0 Å². The summed E-state index contributed by atoms with van der Waals surface area (Å²) in [5, 5.41) is 1.68. The van der Waals surface area contributed by atoms with Crippen LogP contribution in [0.5, 0.6) is 5.75 Å². The molecule has 0 aliphatic carbocycles. The number of aliphatic imine (C=N–C) groups is 1. The van der Waals surface area contributed by atoms with Gasteiger partial charge in [0.25, 0.3) is 0 Å². The lowest BCUT2D eigenvalue weighted by Gasteiger charge is -2.30. The molecule has 3 heterocycles. The van der Waals surface area contributed by atoms with Crippen molar-refractivity contribution in [2.45, 2.75) is 38.1 Å². The molecule has 148 valence electrons. The number of nitrogens with zero attached hydrogens (tertiary/aromatic N) is 4. The monoisotopic (exact) mass is 396 g/mol. The van der Waals surface area contributed by atoms with E-state index in [4.69, 9.17) is 9.73 Å². The molecule has 0 bridgehead atoms. The summed E-state index contributed by atoms with van der Waals surface area (Å²) in [5.74, 6) is 0.927. The summed E-state index contributed by atoms with van der Waals surface area (Å²) in [6.45, 7) is 9.58. The van der Waals surface area contributed by atoms with Crippen LogP contribution in [0.3, 0.4) is 0 Å². The Morgan fingerprint density at radius 3 is 2.71 bits per heavy atom. The van der Waals surface area contributed by atoms with E-state index in [1.165, 1.54) is 11.3 Å². The highest BCUT2D eigenvalue weighted by Gasteiger charge is 2.44. The van der Waals surface area contributed by atoms with Crippen molar-refractivity contribution in [3.63, 3.8) is 0 Å². The number of rotatable bonds is 6. The van der Waals surface area contributed by atoms with Crippen molar-refractivity contribution in [2.75, 3.05) is 31.6 Å². The lowest BCUT2D eigenvalue weighted by atomic mass is 9.95. The molecule has 1 saturated heterocycles. The Hall–Kier alpha value is -2.21. The quantitative estimate of drug-likeness (QED) is 0.718. The lowest BCUT2D eigenvalue weighted by Crippen LogP contribution is -2.29. The smallest absolute Gasteiger partial charge is 0.160 e. The molecule has 2 aliphatic heterocycles. The number of methoxy groups -OCH3 is 1. The zero-order valence-corrected chi connectivity index (χ0v) is 17.8. The van der Waals surface area contributed by atoms with Crippen molar-refractivity contribution >= 4 is 22.6 Å². The van der Waals surface area contributed by atoms with E-state index in [9.17, 15) is 0 Å². The number of fused-ring (bicyclic) bond motifs is 1. The molecular weight excluding hydrogens is 368 g/mol. The lowest BCUT2D eigenvalue weighted by molar-refractivity contribution is 0.307. The topological polar surface area (TPSA) is 41.0 Å². The first-order valence-corrected chi connectivity index (χ1v) is 10.9. The highest BCUT2D eigenvalue weighted by molar-refractivity contribution is 8.14. The maximum atomic E-state index is 5.87. The van der Waals surface area contributed by atoms with Crippen LogP contribution in [0.25, 0.3) is 0 Å². The first kappa shape index (κ1) is 19.1. The molecule has 2 aliphatic rings. The summed E-state index contributed by atoms with van der Waals surface area (Å²) in [4.78, 5) is 14.5. The van der Waals surface area contributed by atoms with E-state index in [0.29, 0.717) is 5.25 Å². The molecule has 28 heavy (non-hydrogen) atoms. The number of hydrogen-bond donors (Lipinski definition) is 0. The molecule has 0 saturated carbocycles. The second-order valence-electron chi connectivity index (χ2n) is 7.24. The van der Waals surface area contributed by atoms with Gasteiger partial charge in [0.15, 0.2) is 5.17 Å². The molecule has 6 heteroatoms. The Kier molecular flexibility index (Phi) is 5.49. The Morgan fingerprint density at radius 1 is 1.21 bits per heavy atom. The average Bonchev–Trinajstić information content (AvgIpc) is 3.25. The summed E-state index contributed by atoms with van der Waals surface area (Å²) in [5.41, 5.74) is 3.39. The Bertz CT molecular complexity index is 853. The highest BCUT2D eigenvalue weighted by Crippen LogP contribution is 2.49. The van der Waals surface area contributed by atoms with Gasteiger partial charge in [-0.1, -0.05) is 30.8 Å². The summed E-state index contributed by atoms with van der Waals surface area (Å²) in [6.07, 6.45) is 1.85. The van der Waals surface area contributed by atoms with Crippen LogP contribution < -0.4 is 9.64 Å². The maximum Gasteiger partial charge on any atom is 0.160 e. The van der Waals surface area contributed by atoms with E-state index in [1.807, 2.05) is 30.1 Å². The van der Waals surface area contributed by atoms with E-state index >= 15 is 0 Å². The van der Waals surface area contributed by atoms with E-state index in [2.05, 4.69) is 59.8 Å². The molecule has 2 aromatic rings. The van der Waals surface area contributed by atoms with Crippen molar-refractivity contribution in [2.24, 2.45) is 4.99 Å². The highest BCUT2D eigenvalue weighted by atomic mass is 32.2. The molecule has 1 aromatic heterocycles. The van der Waals surface area contributed by atoms with Crippen molar-refractivity contribution < 1.29 is 4.74 Å². The second kappa shape index (κ2) is 8.03. The minimum absolute atomic E-state index is 0.00981. The fraction of sp³-hybridized carbons (Fsp3) is 0.455. The Morgan fingerprint density at radius 2 is 2.04 bits per heavy atom. The SMILES string of the molecule is CCN(CC)c1ccc([C@@H]2[C@H](c3ccccn3)N=C3S[C@@H](C)CN32)c(OC)c1.